The van der Waals surface area contributed by atoms with E-state index in [2.05, 4.69) is 5.32 Å². The first-order valence-electron chi connectivity index (χ1n) is 7.78. The SMILES string of the molecule is CN(C)C(=O)[C@@H](Cc1ccccc1)NC(=O)OCc1ccccc1. The molecule has 126 valence electrons. The second kappa shape index (κ2) is 8.72. The van der Waals surface area contributed by atoms with Crippen LogP contribution in [0, 0.1) is 0 Å². The third kappa shape index (κ3) is 5.43. The topological polar surface area (TPSA) is 58.6 Å². The summed E-state index contributed by atoms with van der Waals surface area (Å²) in [4.78, 5) is 25.8. The van der Waals surface area contributed by atoms with Gasteiger partial charge in [0.05, 0.1) is 0 Å². The molecular formula is C19H22N2O3. The number of ether oxygens (including phenoxy) is 1. The molecule has 0 saturated carbocycles. The fraction of sp³-hybridized carbons (Fsp3) is 0.263. The zero-order chi connectivity index (χ0) is 17.4. The second-order valence-electron chi connectivity index (χ2n) is 5.68. The van der Waals surface area contributed by atoms with Crippen molar-refractivity contribution >= 4 is 12.0 Å². The molecule has 0 fully saturated rings. The van der Waals surface area contributed by atoms with Crippen LogP contribution in [0.5, 0.6) is 0 Å². The van der Waals surface area contributed by atoms with Crippen molar-refractivity contribution in [2.75, 3.05) is 14.1 Å². The van der Waals surface area contributed by atoms with Gasteiger partial charge in [0.15, 0.2) is 0 Å². The zero-order valence-electron chi connectivity index (χ0n) is 13.9. The van der Waals surface area contributed by atoms with Gasteiger partial charge in [0.1, 0.15) is 12.6 Å². The molecule has 5 nitrogen and oxygen atoms in total. The Balaban J connectivity index is 1.96. The van der Waals surface area contributed by atoms with E-state index in [4.69, 9.17) is 4.74 Å². The molecule has 24 heavy (non-hydrogen) atoms. The Bertz CT molecular complexity index is 657. The minimum Gasteiger partial charge on any atom is -0.445 e. The fourth-order valence-corrected chi connectivity index (χ4v) is 2.27. The Hall–Kier alpha value is -2.82. The van der Waals surface area contributed by atoms with Crippen LogP contribution in [-0.4, -0.2) is 37.0 Å². The molecule has 0 aliphatic rings. The molecule has 0 aromatic heterocycles. The molecular weight excluding hydrogens is 304 g/mol. The van der Waals surface area contributed by atoms with Crippen LogP contribution in [0.3, 0.4) is 0 Å². The Morgan fingerprint density at radius 2 is 1.50 bits per heavy atom. The molecule has 2 amide bonds. The van der Waals surface area contributed by atoms with Crippen LogP contribution >= 0.6 is 0 Å². The van der Waals surface area contributed by atoms with E-state index in [1.807, 2.05) is 60.7 Å². The van der Waals surface area contributed by atoms with Gasteiger partial charge in [0.2, 0.25) is 5.91 Å². The molecule has 0 saturated heterocycles. The van der Waals surface area contributed by atoms with Crippen molar-refractivity contribution in [2.45, 2.75) is 19.1 Å². The summed E-state index contributed by atoms with van der Waals surface area (Å²) in [5, 5.41) is 2.66. The number of alkyl carbamates (subject to hydrolysis) is 1. The summed E-state index contributed by atoms with van der Waals surface area (Å²) >= 11 is 0. The highest BCUT2D eigenvalue weighted by Gasteiger charge is 2.23. The molecule has 2 rings (SSSR count). The number of likely N-dealkylation sites (N-methyl/N-ethyl adjacent to an activating group) is 1. The molecule has 0 heterocycles. The summed E-state index contributed by atoms with van der Waals surface area (Å²) in [6, 6.07) is 18.3. The summed E-state index contributed by atoms with van der Waals surface area (Å²) in [7, 11) is 3.33. The maximum atomic E-state index is 12.3. The Morgan fingerprint density at radius 1 is 0.958 bits per heavy atom. The van der Waals surface area contributed by atoms with Gasteiger partial charge in [0.25, 0.3) is 0 Å². The first-order valence-corrected chi connectivity index (χ1v) is 7.78. The average molecular weight is 326 g/mol. The van der Waals surface area contributed by atoms with Crippen molar-refractivity contribution < 1.29 is 14.3 Å². The number of hydrogen-bond donors (Lipinski definition) is 1. The van der Waals surface area contributed by atoms with Gasteiger partial charge in [-0.05, 0) is 11.1 Å². The van der Waals surface area contributed by atoms with Crippen molar-refractivity contribution in [3.05, 3.63) is 71.8 Å². The van der Waals surface area contributed by atoms with Crippen molar-refractivity contribution in [3.8, 4) is 0 Å². The minimum atomic E-state index is -0.661. The third-order valence-electron chi connectivity index (χ3n) is 3.53. The molecule has 0 aliphatic carbocycles. The monoisotopic (exact) mass is 326 g/mol. The first kappa shape index (κ1) is 17.5. The lowest BCUT2D eigenvalue weighted by Gasteiger charge is -2.21. The summed E-state index contributed by atoms with van der Waals surface area (Å²) in [6.07, 6.45) is -0.187. The maximum absolute atomic E-state index is 12.3. The van der Waals surface area contributed by atoms with Crippen molar-refractivity contribution in [1.82, 2.24) is 10.2 Å². The second-order valence-corrected chi connectivity index (χ2v) is 5.68. The van der Waals surface area contributed by atoms with Crippen LogP contribution < -0.4 is 5.32 Å². The molecule has 0 radical (unpaired) electrons. The molecule has 0 spiro atoms. The predicted molar refractivity (Wildman–Crippen MR) is 92.4 cm³/mol. The number of rotatable bonds is 6. The highest BCUT2D eigenvalue weighted by molar-refractivity contribution is 5.85. The number of carbonyl (C=O) groups is 2. The zero-order valence-corrected chi connectivity index (χ0v) is 13.9. The highest BCUT2D eigenvalue weighted by atomic mass is 16.5. The van der Waals surface area contributed by atoms with E-state index in [9.17, 15) is 9.59 Å². The van der Waals surface area contributed by atoms with Gasteiger partial charge in [-0.1, -0.05) is 60.7 Å². The normalized spacial score (nSPS) is 11.4. The summed E-state index contributed by atoms with van der Waals surface area (Å²) in [5.74, 6) is -0.171. The van der Waals surface area contributed by atoms with E-state index < -0.39 is 12.1 Å². The van der Waals surface area contributed by atoms with E-state index in [-0.39, 0.29) is 12.5 Å². The van der Waals surface area contributed by atoms with Crippen molar-refractivity contribution in [2.24, 2.45) is 0 Å². The maximum Gasteiger partial charge on any atom is 0.408 e. The van der Waals surface area contributed by atoms with Gasteiger partial charge in [-0.3, -0.25) is 4.79 Å². The number of nitrogens with one attached hydrogen (secondary N) is 1. The number of carbonyl (C=O) groups excluding carboxylic acids is 2. The predicted octanol–water partition coefficient (Wildman–Crippen LogP) is 2.61. The number of amides is 2. The molecule has 1 atom stereocenters. The van der Waals surface area contributed by atoms with Crippen LogP contribution in [0.15, 0.2) is 60.7 Å². The summed E-state index contributed by atoms with van der Waals surface area (Å²) in [5.41, 5.74) is 1.87. The molecule has 0 bridgehead atoms. The fourth-order valence-electron chi connectivity index (χ4n) is 2.27. The van der Waals surface area contributed by atoms with Gasteiger partial charge in [-0.25, -0.2) is 4.79 Å². The smallest absolute Gasteiger partial charge is 0.408 e. The Morgan fingerprint density at radius 3 is 2.04 bits per heavy atom. The van der Waals surface area contributed by atoms with Crippen LogP contribution in [0.4, 0.5) is 4.79 Å². The lowest BCUT2D eigenvalue weighted by molar-refractivity contribution is -0.130. The van der Waals surface area contributed by atoms with Crippen LogP contribution in [-0.2, 0) is 22.6 Å². The lowest BCUT2D eigenvalue weighted by atomic mass is 10.1. The third-order valence-corrected chi connectivity index (χ3v) is 3.53. The van der Waals surface area contributed by atoms with Gasteiger partial charge in [-0.2, -0.15) is 0 Å². The molecule has 2 aromatic rings. The Kier molecular flexibility index (Phi) is 6.37. The summed E-state index contributed by atoms with van der Waals surface area (Å²) < 4.78 is 5.21. The minimum absolute atomic E-state index is 0.168. The van der Waals surface area contributed by atoms with Gasteiger partial charge < -0.3 is 15.0 Å². The van der Waals surface area contributed by atoms with Crippen LogP contribution in [0.1, 0.15) is 11.1 Å². The highest BCUT2D eigenvalue weighted by Crippen LogP contribution is 2.06. The number of benzene rings is 2. The Labute approximate surface area is 142 Å². The molecule has 0 aliphatic heterocycles. The molecule has 2 aromatic carbocycles. The van der Waals surface area contributed by atoms with Gasteiger partial charge in [-0.15, -0.1) is 0 Å². The van der Waals surface area contributed by atoms with Crippen molar-refractivity contribution in [3.63, 3.8) is 0 Å². The van der Waals surface area contributed by atoms with E-state index in [0.29, 0.717) is 6.42 Å². The molecule has 1 N–H and O–H groups in total. The summed E-state index contributed by atoms with van der Waals surface area (Å²) in [6.45, 7) is 0.168. The number of hydrogen-bond acceptors (Lipinski definition) is 3. The quantitative estimate of drug-likeness (QED) is 0.888. The van der Waals surface area contributed by atoms with Crippen LogP contribution in [0.25, 0.3) is 0 Å². The van der Waals surface area contributed by atoms with Crippen LogP contribution in [0.2, 0.25) is 0 Å². The average Bonchev–Trinajstić information content (AvgIpc) is 2.60. The van der Waals surface area contributed by atoms with E-state index >= 15 is 0 Å². The van der Waals surface area contributed by atoms with E-state index in [1.165, 1.54) is 4.90 Å². The molecule has 0 unspecified atom stereocenters. The van der Waals surface area contributed by atoms with Crippen molar-refractivity contribution in [1.29, 1.82) is 0 Å². The lowest BCUT2D eigenvalue weighted by Crippen LogP contribution is -2.47. The first-order chi connectivity index (χ1) is 11.6. The van der Waals surface area contributed by atoms with E-state index in [1.54, 1.807) is 14.1 Å². The van der Waals surface area contributed by atoms with E-state index in [0.717, 1.165) is 11.1 Å². The largest absolute Gasteiger partial charge is 0.445 e. The van der Waals surface area contributed by atoms with Gasteiger partial charge >= 0.3 is 6.09 Å². The number of nitrogens with zero attached hydrogens (tertiary/aromatic N) is 1. The molecule has 5 heteroatoms. The van der Waals surface area contributed by atoms with Gasteiger partial charge in [0, 0.05) is 20.5 Å². The standard InChI is InChI=1S/C19H22N2O3/c1-21(2)18(22)17(13-15-9-5-3-6-10-15)20-19(23)24-14-16-11-7-4-8-12-16/h3-12,17H,13-14H2,1-2H3,(H,20,23)/t17-/m1/s1.